The number of amides is 1. The van der Waals surface area contributed by atoms with Gasteiger partial charge in [-0.3, -0.25) is 14.9 Å². The molecule has 3 aromatic rings. The maximum absolute atomic E-state index is 12.8. The van der Waals surface area contributed by atoms with Crippen LogP contribution in [-0.4, -0.2) is 44.7 Å². The van der Waals surface area contributed by atoms with Gasteiger partial charge in [0.25, 0.3) is 5.69 Å². The Morgan fingerprint density at radius 1 is 1.16 bits per heavy atom. The Kier molecular flexibility index (Phi) is 6.83. The van der Waals surface area contributed by atoms with E-state index in [9.17, 15) is 24.8 Å². The van der Waals surface area contributed by atoms with Gasteiger partial charge in [-0.1, -0.05) is 29.5 Å². The van der Waals surface area contributed by atoms with Crippen LogP contribution < -0.4 is 4.87 Å². The monoisotopic (exact) mass is 459 g/mol. The Labute approximate surface area is 188 Å². The summed E-state index contributed by atoms with van der Waals surface area (Å²) in [4.78, 5) is 38.9. The summed E-state index contributed by atoms with van der Waals surface area (Å²) in [5.41, 5.74) is 1.45. The standard InChI is InChI=1S/C22H25N3O6S/c1-22(2,3)31-21(28)24(12-10-14-4-7-16(8-5-14)25(29)30)13-11-15-6-9-17(26)18-19(15)32-20(27)23-18/h4-9,26H,10-13H2,1-3H3,(H,23,27). The highest BCUT2D eigenvalue weighted by molar-refractivity contribution is 7.16. The molecule has 0 fully saturated rings. The molecule has 0 radical (unpaired) electrons. The molecule has 1 aromatic heterocycles. The van der Waals surface area contributed by atoms with Crippen LogP contribution in [0, 0.1) is 10.1 Å². The van der Waals surface area contributed by atoms with Gasteiger partial charge in [-0.2, -0.15) is 0 Å². The van der Waals surface area contributed by atoms with E-state index >= 15 is 0 Å². The topological polar surface area (TPSA) is 126 Å². The van der Waals surface area contributed by atoms with E-state index in [1.54, 1.807) is 43.9 Å². The first-order valence-corrected chi connectivity index (χ1v) is 10.9. The molecule has 2 aromatic carbocycles. The number of hydrogen-bond donors (Lipinski definition) is 2. The number of non-ortho nitro benzene ring substituents is 1. The largest absolute Gasteiger partial charge is 0.506 e. The van der Waals surface area contributed by atoms with Crippen molar-refractivity contribution in [3.8, 4) is 5.75 Å². The minimum absolute atomic E-state index is 0.00395. The van der Waals surface area contributed by atoms with Crippen molar-refractivity contribution < 1.29 is 19.6 Å². The number of phenols is 1. The average Bonchev–Trinajstić information content (AvgIpc) is 3.11. The maximum Gasteiger partial charge on any atom is 0.410 e. The summed E-state index contributed by atoms with van der Waals surface area (Å²) in [5, 5.41) is 20.8. The van der Waals surface area contributed by atoms with Crippen LogP contribution in [0.4, 0.5) is 10.5 Å². The third kappa shape index (κ3) is 5.85. The molecule has 3 rings (SSSR count). The SMILES string of the molecule is CC(C)(C)OC(=O)N(CCc1ccc([N+](=O)[O-])cc1)CCc1ccc(O)c2[nH]c(=O)sc12. The lowest BCUT2D eigenvalue weighted by molar-refractivity contribution is -0.384. The van der Waals surface area contributed by atoms with Crippen LogP contribution in [0.2, 0.25) is 0 Å². The molecule has 32 heavy (non-hydrogen) atoms. The molecule has 0 aliphatic rings. The van der Waals surface area contributed by atoms with Gasteiger partial charge in [0.15, 0.2) is 0 Å². The number of hydrogen-bond acceptors (Lipinski definition) is 7. The van der Waals surface area contributed by atoms with Crippen LogP contribution in [0.3, 0.4) is 0 Å². The highest BCUT2D eigenvalue weighted by Gasteiger charge is 2.22. The van der Waals surface area contributed by atoms with E-state index in [2.05, 4.69) is 4.98 Å². The van der Waals surface area contributed by atoms with E-state index in [1.165, 1.54) is 18.2 Å². The third-order valence-corrected chi connectivity index (χ3v) is 5.72. The molecule has 9 nitrogen and oxygen atoms in total. The van der Waals surface area contributed by atoms with Crippen LogP contribution in [0.1, 0.15) is 31.9 Å². The number of H-pyrrole nitrogens is 1. The highest BCUT2D eigenvalue weighted by Crippen LogP contribution is 2.28. The summed E-state index contributed by atoms with van der Waals surface area (Å²) in [6.45, 7) is 6.08. The zero-order valence-electron chi connectivity index (χ0n) is 18.1. The zero-order valence-corrected chi connectivity index (χ0v) is 18.9. The van der Waals surface area contributed by atoms with Crippen LogP contribution in [-0.2, 0) is 17.6 Å². The smallest absolute Gasteiger partial charge is 0.410 e. The lowest BCUT2D eigenvalue weighted by atomic mass is 10.1. The number of carbonyl (C=O) groups excluding carboxylic acids is 1. The molecule has 1 heterocycles. The van der Waals surface area contributed by atoms with E-state index in [-0.39, 0.29) is 16.3 Å². The molecule has 1 amide bonds. The minimum atomic E-state index is -0.658. The summed E-state index contributed by atoms with van der Waals surface area (Å²) < 4.78 is 6.20. The fraction of sp³-hybridized carbons (Fsp3) is 0.364. The fourth-order valence-electron chi connectivity index (χ4n) is 3.19. The normalized spacial score (nSPS) is 11.5. The van der Waals surface area contributed by atoms with Gasteiger partial charge in [-0.05, 0) is 50.8 Å². The third-order valence-electron chi connectivity index (χ3n) is 4.76. The summed E-state index contributed by atoms with van der Waals surface area (Å²) >= 11 is 1.02. The van der Waals surface area contributed by atoms with Gasteiger partial charge in [-0.25, -0.2) is 4.79 Å². The van der Waals surface area contributed by atoms with Crippen molar-refractivity contribution >= 4 is 33.3 Å². The maximum atomic E-state index is 12.8. The van der Waals surface area contributed by atoms with Gasteiger partial charge < -0.3 is 19.7 Å². The van der Waals surface area contributed by atoms with E-state index in [4.69, 9.17) is 4.74 Å². The number of nitro groups is 1. The first-order chi connectivity index (χ1) is 15.0. The fourth-order valence-corrected chi connectivity index (χ4v) is 4.09. The van der Waals surface area contributed by atoms with Crippen molar-refractivity contribution in [3.63, 3.8) is 0 Å². The van der Waals surface area contributed by atoms with Gasteiger partial charge in [0.2, 0.25) is 0 Å². The molecule has 0 saturated heterocycles. The first kappa shape index (κ1) is 23.3. The number of rotatable bonds is 7. The molecule has 0 unspecified atom stereocenters. The van der Waals surface area contributed by atoms with Crippen LogP contribution in [0.15, 0.2) is 41.2 Å². The number of aromatic amines is 1. The number of aromatic hydroxyl groups is 1. The summed E-state index contributed by atoms with van der Waals surface area (Å²) in [7, 11) is 0. The van der Waals surface area contributed by atoms with E-state index < -0.39 is 16.6 Å². The Morgan fingerprint density at radius 2 is 1.81 bits per heavy atom. The number of nitro benzene ring substituents is 1. The number of fused-ring (bicyclic) bond motifs is 1. The van der Waals surface area contributed by atoms with Crippen molar-refractivity contribution in [2.45, 2.75) is 39.2 Å². The lowest BCUT2D eigenvalue weighted by Gasteiger charge is -2.27. The molecular weight excluding hydrogens is 434 g/mol. The van der Waals surface area contributed by atoms with Gasteiger partial charge >= 0.3 is 11.0 Å². The quantitative estimate of drug-likeness (QED) is 0.402. The lowest BCUT2D eigenvalue weighted by Crippen LogP contribution is -2.39. The second-order valence-electron chi connectivity index (χ2n) is 8.35. The van der Waals surface area contributed by atoms with Crippen LogP contribution >= 0.6 is 11.3 Å². The van der Waals surface area contributed by atoms with Crippen molar-refractivity contribution in [1.82, 2.24) is 9.88 Å². The Hall–Kier alpha value is -3.40. The van der Waals surface area contributed by atoms with Crippen molar-refractivity contribution in [2.75, 3.05) is 13.1 Å². The van der Waals surface area contributed by atoms with Crippen LogP contribution in [0.5, 0.6) is 5.75 Å². The van der Waals surface area contributed by atoms with Crippen molar-refractivity contribution in [3.05, 3.63) is 67.3 Å². The minimum Gasteiger partial charge on any atom is -0.506 e. The van der Waals surface area contributed by atoms with Gasteiger partial charge in [0, 0.05) is 25.2 Å². The predicted molar refractivity (Wildman–Crippen MR) is 122 cm³/mol. The molecule has 0 aliphatic carbocycles. The number of nitrogens with one attached hydrogen (secondary N) is 1. The van der Waals surface area contributed by atoms with E-state index in [0.29, 0.717) is 36.1 Å². The second kappa shape index (κ2) is 9.39. The van der Waals surface area contributed by atoms with Gasteiger partial charge in [0.1, 0.15) is 16.9 Å². The molecule has 0 saturated carbocycles. The number of thiazole rings is 1. The van der Waals surface area contributed by atoms with Crippen molar-refractivity contribution in [2.24, 2.45) is 0 Å². The molecule has 0 atom stereocenters. The molecule has 10 heteroatoms. The van der Waals surface area contributed by atoms with E-state index in [1.807, 2.05) is 0 Å². The summed E-state index contributed by atoms with van der Waals surface area (Å²) in [6.07, 6.45) is 0.501. The Balaban J connectivity index is 1.75. The van der Waals surface area contributed by atoms with Crippen molar-refractivity contribution in [1.29, 1.82) is 0 Å². The molecule has 0 bridgehead atoms. The Bertz CT molecular complexity index is 1180. The Morgan fingerprint density at radius 3 is 2.44 bits per heavy atom. The number of ether oxygens (including phenoxy) is 1. The average molecular weight is 460 g/mol. The first-order valence-electron chi connectivity index (χ1n) is 10.1. The number of aromatic nitrogens is 1. The number of phenolic OH excluding ortho intramolecular Hbond substituents is 1. The molecule has 0 spiro atoms. The van der Waals surface area contributed by atoms with E-state index in [0.717, 1.165) is 22.5 Å². The van der Waals surface area contributed by atoms with Crippen LogP contribution in [0.25, 0.3) is 10.2 Å². The predicted octanol–water partition coefficient (Wildman–Crippen LogP) is 4.23. The molecular formula is C22H25N3O6S. The summed E-state index contributed by atoms with van der Waals surface area (Å²) in [6, 6.07) is 9.49. The van der Waals surface area contributed by atoms with Gasteiger partial charge in [-0.15, -0.1) is 0 Å². The molecule has 170 valence electrons. The number of carbonyl (C=O) groups is 1. The second-order valence-corrected chi connectivity index (χ2v) is 9.34. The summed E-state index contributed by atoms with van der Waals surface area (Å²) in [5.74, 6) is 0.00395. The highest BCUT2D eigenvalue weighted by atomic mass is 32.1. The molecule has 0 aliphatic heterocycles. The zero-order chi connectivity index (χ0) is 23.5. The number of benzene rings is 2. The molecule has 2 N–H and O–H groups in total. The number of nitrogens with zero attached hydrogens (tertiary/aromatic N) is 2. The van der Waals surface area contributed by atoms with Gasteiger partial charge in [0.05, 0.1) is 9.62 Å².